The number of nitrogens with two attached hydrogens (primary N) is 1. The van der Waals surface area contributed by atoms with Gasteiger partial charge in [0.05, 0.1) is 13.2 Å². The summed E-state index contributed by atoms with van der Waals surface area (Å²) in [5.74, 6) is -0.823. The molecule has 60 heavy (non-hydrogen) atoms. The molecule has 3 N–H and O–H groups in total. The lowest BCUT2D eigenvalue weighted by atomic mass is 10.0. The quantitative estimate of drug-likeness (QED) is 0.0265. The average Bonchev–Trinajstić information content (AvgIpc) is 3.24. The number of carbonyl (C=O) groups is 2. The Morgan fingerprint density at radius 1 is 0.483 bits per heavy atom. The minimum Gasteiger partial charge on any atom is -0.462 e. The highest BCUT2D eigenvalue weighted by Gasteiger charge is 2.26. The Balaban J connectivity index is 3.93. The van der Waals surface area contributed by atoms with Crippen molar-refractivity contribution in [2.24, 2.45) is 5.73 Å². The molecule has 10 heteroatoms. The molecular weight excluding hydrogens is 774 g/mol. The third-order valence-corrected chi connectivity index (χ3v) is 12.4. The molecule has 0 amide bonds. The summed E-state index contributed by atoms with van der Waals surface area (Å²) in [5, 5.41) is 0. The predicted molar refractivity (Wildman–Crippen MR) is 252 cm³/mol. The maximum absolute atomic E-state index is 12.6. The van der Waals surface area contributed by atoms with Crippen molar-refractivity contribution in [1.82, 2.24) is 0 Å². The van der Waals surface area contributed by atoms with Gasteiger partial charge in [0.25, 0.3) is 0 Å². The molecule has 0 saturated carbocycles. The molecule has 0 aliphatic heterocycles. The monoisotopic (exact) mass is 872 g/mol. The molecule has 0 rings (SSSR count). The van der Waals surface area contributed by atoms with Crippen LogP contribution in [0.1, 0.15) is 264 Å². The average molecular weight is 872 g/mol. The topological polar surface area (TPSA) is 134 Å². The van der Waals surface area contributed by atoms with Gasteiger partial charge in [-0.1, -0.05) is 225 Å². The van der Waals surface area contributed by atoms with Gasteiger partial charge in [0.1, 0.15) is 6.61 Å². The summed E-state index contributed by atoms with van der Waals surface area (Å²) in [6, 6.07) is 0. The highest BCUT2D eigenvalue weighted by atomic mass is 31.2. The Labute approximate surface area is 370 Å². The Kier molecular flexibility index (Phi) is 46.3. The van der Waals surface area contributed by atoms with Gasteiger partial charge in [-0.15, -0.1) is 0 Å². The third kappa shape index (κ3) is 46.3. The first-order valence-electron chi connectivity index (χ1n) is 25.7. The summed E-state index contributed by atoms with van der Waals surface area (Å²) in [5.41, 5.74) is 5.36. The van der Waals surface area contributed by atoms with Crippen molar-refractivity contribution >= 4 is 19.8 Å². The van der Waals surface area contributed by atoms with Crippen LogP contribution in [0.25, 0.3) is 0 Å². The molecule has 0 aromatic carbocycles. The molecule has 0 aromatic rings. The van der Waals surface area contributed by atoms with E-state index < -0.39 is 26.5 Å². The first-order valence-corrected chi connectivity index (χ1v) is 27.2. The van der Waals surface area contributed by atoms with E-state index in [0.717, 1.165) is 51.4 Å². The minimum absolute atomic E-state index is 0.0550. The lowest BCUT2D eigenvalue weighted by molar-refractivity contribution is -0.161. The van der Waals surface area contributed by atoms with Crippen LogP contribution in [0, 0.1) is 0 Å². The maximum atomic E-state index is 12.6. The van der Waals surface area contributed by atoms with Crippen LogP contribution in [-0.4, -0.2) is 49.3 Å². The van der Waals surface area contributed by atoms with Crippen molar-refractivity contribution in [3.05, 3.63) is 12.2 Å². The van der Waals surface area contributed by atoms with Crippen molar-refractivity contribution in [2.45, 2.75) is 270 Å². The first kappa shape index (κ1) is 58.8. The number of allylic oxidation sites excluding steroid dienone is 2. The second kappa shape index (κ2) is 47.2. The van der Waals surface area contributed by atoms with Gasteiger partial charge in [0, 0.05) is 19.4 Å². The van der Waals surface area contributed by atoms with Crippen molar-refractivity contribution in [3.8, 4) is 0 Å². The summed E-state index contributed by atoms with van der Waals surface area (Å²) in [4.78, 5) is 35.0. The zero-order valence-electron chi connectivity index (χ0n) is 39.5. The van der Waals surface area contributed by atoms with E-state index >= 15 is 0 Å². The molecule has 2 unspecified atom stereocenters. The highest BCUT2D eigenvalue weighted by molar-refractivity contribution is 7.47. The molecule has 0 spiro atoms. The third-order valence-electron chi connectivity index (χ3n) is 11.4. The van der Waals surface area contributed by atoms with Gasteiger partial charge in [-0.25, -0.2) is 4.57 Å². The smallest absolute Gasteiger partial charge is 0.462 e. The van der Waals surface area contributed by atoms with Gasteiger partial charge in [-0.05, 0) is 38.5 Å². The fraction of sp³-hybridized carbons (Fsp3) is 0.920. The Morgan fingerprint density at radius 2 is 0.817 bits per heavy atom. The number of hydrogen-bond acceptors (Lipinski definition) is 8. The second-order valence-electron chi connectivity index (χ2n) is 17.4. The van der Waals surface area contributed by atoms with Gasteiger partial charge < -0.3 is 20.1 Å². The number of phosphoric ester groups is 1. The lowest BCUT2D eigenvalue weighted by Gasteiger charge is -2.19. The summed E-state index contributed by atoms with van der Waals surface area (Å²) >= 11 is 0. The van der Waals surface area contributed by atoms with Crippen molar-refractivity contribution in [2.75, 3.05) is 26.4 Å². The zero-order chi connectivity index (χ0) is 43.9. The summed E-state index contributed by atoms with van der Waals surface area (Å²) < 4.78 is 32.9. The van der Waals surface area contributed by atoms with Gasteiger partial charge in [0.2, 0.25) is 0 Å². The van der Waals surface area contributed by atoms with E-state index in [9.17, 15) is 19.0 Å². The lowest BCUT2D eigenvalue weighted by Crippen LogP contribution is -2.29. The predicted octanol–water partition coefficient (Wildman–Crippen LogP) is 15.3. The first-order chi connectivity index (χ1) is 29.3. The van der Waals surface area contributed by atoms with E-state index in [0.29, 0.717) is 6.42 Å². The highest BCUT2D eigenvalue weighted by Crippen LogP contribution is 2.43. The summed E-state index contributed by atoms with van der Waals surface area (Å²) in [7, 11) is -4.38. The zero-order valence-corrected chi connectivity index (χ0v) is 40.4. The van der Waals surface area contributed by atoms with Crippen LogP contribution >= 0.6 is 7.82 Å². The van der Waals surface area contributed by atoms with Crippen molar-refractivity contribution in [3.63, 3.8) is 0 Å². The van der Waals surface area contributed by atoms with Gasteiger partial charge in [0.15, 0.2) is 6.10 Å². The SMILES string of the molecule is CCCCCCC/C=C\CCCCCCCC(=O)OC(COC(=O)CCCCCCCCCCCCCCCCCCCCCCCCCCC)COP(=O)(O)OCCN. The van der Waals surface area contributed by atoms with Gasteiger partial charge in [-0.2, -0.15) is 0 Å². The molecule has 0 aromatic heterocycles. The molecule has 0 aliphatic rings. The molecule has 2 atom stereocenters. The van der Waals surface area contributed by atoms with Crippen molar-refractivity contribution < 1.29 is 37.6 Å². The van der Waals surface area contributed by atoms with E-state index in [4.69, 9.17) is 24.3 Å². The van der Waals surface area contributed by atoms with Gasteiger partial charge in [-0.3, -0.25) is 18.6 Å². The van der Waals surface area contributed by atoms with E-state index in [2.05, 4.69) is 26.0 Å². The summed E-state index contributed by atoms with van der Waals surface area (Å²) in [6.07, 6.45) is 51.2. The molecule has 356 valence electrons. The van der Waals surface area contributed by atoms with Crippen LogP contribution in [-0.2, 0) is 32.7 Å². The molecule has 0 saturated heterocycles. The van der Waals surface area contributed by atoms with E-state index in [1.165, 1.54) is 180 Å². The fourth-order valence-corrected chi connectivity index (χ4v) is 8.34. The molecule has 0 radical (unpaired) electrons. The van der Waals surface area contributed by atoms with E-state index in [1.54, 1.807) is 0 Å². The molecule has 9 nitrogen and oxygen atoms in total. The van der Waals surface area contributed by atoms with Crippen LogP contribution in [0.2, 0.25) is 0 Å². The maximum Gasteiger partial charge on any atom is 0.472 e. The van der Waals surface area contributed by atoms with Gasteiger partial charge >= 0.3 is 19.8 Å². The molecule has 0 bridgehead atoms. The minimum atomic E-state index is -4.38. The second-order valence-corrected chi connectivity index (χ2v) is 18.9. The number of rotatable bonds is 49. The van der Waals surface area contributed by atoms with Crippen LogP contribution in [0.3, 0.4) is 0 Å². The van der Waals surface area contributed by atoms with Crippen LogP contribution < -0.4 is 5.73 Å². The van der Waals surface area contributed by atoms with E-state index in [1.807, 2.05) is 0 Å². The Morgan fingerprint density at radius 3 is 1.18 bits per heavy atom. The van der Waals surface area contributed by atoms with Crippen LogP contribution in [0.4, 0.5) is 0 Å². The van der Waals surface area contributed by atoms with Crippen LogP contribution in [0.5, 0.6) is 0 Å². The molecule has 0 aliphatic carbocycles. The largest absolute Gasteiger partial charge is 0.472 e. The van der Waals surface area contributed by atoms with E-state index in [-0.39, 0.29) is 38.6 Å². The Bertz CT molecular complexity index is 995. The number of hydrogen-bond donors (Lipinski definition) is 2. The fourth-order valence-electron chi connectivity index (χ4n) is 7.57. The normalized spacial score (nSPS) is 13.2. The number of ether oxygens (including phenoxy) is 2. The molecule has 0 fully saturated rings. The summed E-state index contributed by atoms with van der Waals surface area (Å²) in [6.45, 7) is 3.76. The molecule has 0 heterocycles. The number of phosphoric acid groups is 1. The number of unbranched alkanes of at least 4 members (excludes halogenated alkanes) is 34. The van der Waals surface area contributed by atoms with Crippen LogP contribution in [0.15, 0.2) is 12.2 Å². The van der Waals surface area contributed by atoms with Crippen molar-refractivity contribution in [1.29, 1.82) is 0 Å². The molecular formula is C50H98NO8P. The standard InChI is InChI=1S/C50H98NO8P/c1-3-5-7-9-11-13-15-17-19-20-21-22-23-24-25-26-27-28-29-31-32-34-36-38-40-42-49(52)56-46-48(47-58-60(54,55)57-45-44-51)59-50(53)43-41-39-37-35-33-30-18-16-14-12-10-8-6-4-2/h16,18,48H,3-15,17,19-47,51H2,1-2H3,(H,54,55)/b18-16-. The number of carbonyl (C=O) groups excluding carboxylic acids is 2. The Hall–Kier alpha value is -1.25. The number of esters is 2.